The van der Waals surface area contributed by atoms with Gasteiger partial charge in [-0.25, -0.2) is 4.79 Å². The van der Waals surface area contributed by atoms with Gasteiger partial charge < -0.3 is 15.2 Å². The number of unbranched alkanes of at least 4 members (excludes halogenated alkanes) is 2. The van der Waals surface area contributed by atoms with Crippen LogP contribution in [0.3, 0.4) is 0 Å². The SMILES string of the molecule is CCCCOC(=O)c1cc(N)cc(OCCCC)c1. The van der Waals surface area contributed by atoms with Gasteiger partial charge in [-0.2, -0.15) is 0 Å². The molecule has 0 spiro atoms. The molecule has 0 saturated heterocycles. The van der Waals surface area contributed by atoms with Crippen LogP contribution in [0.5, 0.6) is 5.75 Å². The van der Waals surface area contributed by atoms with E-state index in [2.05, 4.69) is 6.92 Å². The lowest BCUT2D eigenvalue weighted by molar-refractivity contribution is 0.0499. The number of nitrogen functional groups attached to an aromatic ring is 1. The van der Waals surface area contributed by atoms with E-state index < -0.39 is 0 Å². The summed E-state index contributed by atoms with van der Waals surface area (Å²) in [4.78, 5) is 11.8. The highest BCUT2D eigenvalue weighted by Gasteiger charge is 2.09. The molecule has 4 heteroatoms. The third-order valence-electron chi connectivity index (χ3n) is 2.66. The van der Waals surface area contributed by atoms with Crippen molar-refractivity contribution in [3.8, 4) is 5.75 Å². The van der Waals surface area contributed by atoms with Gasteiger partial charge in [-0.1, -0.05) is 26.7 Å². The number of ether oxygens (including phenoxy) is 2. The molecule has 0 bridgehead atoms. The number of hydrogen-bond donors (Lipinski definition) is 1. The molecule has 0 radical (unpaired) electrons. The van der Waals surface area contributed by atoms with Gasteiger partial charge in [0.25, 0.3) is 0 Å². The highest BCUT2D eigenvalue weighted by Crippen LogP contribution is 2.20. The molecule has 0 aliphatic carbocycles. The predicted molar refractivity (Wildman–Crippen MR) is 76.4 cm³/mol. The first-order valence-corrected chi connectivity index (χ1v) is 6.87. The van der Waals surface area contributed by atoms with Crippen LogP contribution in [0.15, 0.2) is 18.2 Å². The molecule has 2 N–H and O–H groups in total. The second-order valence-electron chi connectivity index (χ2n) is 4.48. The van der Waals surface area contributed by atoms with Crippen molar-refractivity contribution >= 4 is 11.7 Å². The Kier molecular flexibility index (Phi) is 6.79. The lowest BCUT2D eigenvalue weighted by atomic mass is 10.2. The summed E-state index contributed by atoms with van der Waals surface area (Å²) < 4.78 is 10.7. The lowest BCUT2D eigenvalue weighted by Crippen LogP contribution is -2.08. The highest BCUT2D eigenvalue weighted by molar-refractivity contribution is 5.91. The molecule has 1 aromatic rings. The summed E-state index contributed by atoms with van der Waals surface area (Å²) in [5.74, 6) is 0.275. The fourth-order valence-electron chi connectivity index (χ4n) is 1.55. The van der Waals surface area contributed by atoms with E-state index in [-0.39, 0.29) is 5.97 Å². The third kappa shape index (κ3) is 5.64. The molecule has 1 aromatic carbocycles. The van der Waals surface area contributed by atoms with E-state index in [0.717, 1.165) is 25.7 Å². The Morgan fingerprint density at radius 2 is 1.79 bits per heavy atom. The van der Waals surface area contributed by atoms with Gasteiger partial charge in [0.15, 0.2) is 0 Å². The minimum atomic E-state index is -0.346. The summed E-state index contributed by atoms with van der Waals surface area (Å²) in [5.41, 5.74) is 6.73. The van der Waals surface area contributed by atoms with Gasteiger partial charge >= 0.3 is 5.97 Å². The van der Waals surface area contributed by atoms with Crippen LogP contribution in [0, 0.1) is 0 Å². The van der Waals surface area contributed by atoms with Gasteiger partial charge in [0.2, 0.25) is 0 Å². The molecule has 19 heavy (non-hydrogen) atoms. The molecule has 106 valence electrons. The Morgan fingerprint density at radius 3 is 2.47 bits per heavy atom. The first-order chi connectivity index (χ1) is 9.17. The van der Waals surface area contributed by atoms with E-state index in [9.17, 15) is 4.79 Å². The number of esters is 1. The summed E-state index contributed by atoms with van der Waals surface area (Å²) in [7, 11) is 0. The van der Waals surface area contributed by atoms with E-state index in [4.69, 9.17) is 15.2 Å². The number of carbonyl (C=O) groups is 1. The summed E-state index contributed by atoms with van der Waals surface area (Å²) >= 11 is 0. The Labute approximate surface area is 114 Å². The van der Waals surface area contributed by atoms with Crippen LogP contribution in [-0.4, -0.2) is 19.2 Å². The molecule has 0 heterocycles. The van der Waals surface area contributed by atoms with Crippen molar-refractivity contribution in [2.75, 3.05) is 18.9 Å². The molecule has 0 fully saturated rings. The topological polar surface area (TPSA) is 61.5 Å². The molecular formula is C15H23NO3. The predicted octanol–water partition coefficient (Wildman–Crippen LogP) is 3.40. The van der Waals surface area contributed by atoms with Crippen LogP contribution in [0.2, 0.25) is 0 Å². The van der Waals surface area contributed by atoms with Crippen molar-refractivity contribution < 1.29 is 14.3 Å². The van der Waals surface area contributed by atoms with Crippen molar-refractivity contribution in [3.05, 3.63) is 23.8 Å². The number of carbonyl (C=O) groups excluding carboxylic acids is 1. The van der Waals surface area contributed by atoms with E-state index >= 15 is 0 Å². The molecule has 0 amide bonds. The van der Waals surface area contributed by atoms with Crippen molar-refractivity contribution in [3.63, 3.8) is 0 Å². The highest BCUT2D eigenvalue weighted by atomic mass is 16.5. The summed E-state index contributed by atoms with van der Waals surface area (Å²) in [6, 6.07) is 5.01. The Balaban J connectivity index is 2.64. The van der Waals surface area contributed by atoms with E-state index in [1.54, 1.807) is 18.2 Å². The van der Waals surface area contributed by atoms with Crippen molar-refractivity contribution in [2.45, 2.75) is 39.5 Å². The molecule has 0 aliphatic rings. The fourth-order valence-corrected chi connectivity index (χ4v) is 1.55. The van der Waals surface area contributed by atoms with Gasteiger partial charge in [0.1, 0.15) is 5.75 Å². The summed E-state index contributed by atoms with van der Waals surface area (Å²) in [6.45, 7) is 5.22. The first-order valence-electron chi connectivity index (χ1n) is 6.87. The van der Waals surface area contributed by atoms with Crippen molar-refractivity contribution in [1.29, 1.82) is 0 Å². The van der Waals surface area contributed by atoms with Crippen LogP contribution in [0.4, 0.5) is 5.69 Å². The van der Waals surface area contributed by atoms with Gasteiger partial charge in [-0.3, -0.25) is 0 Å². The monoisotopic (exact) mass is 265 g/mol. The minimum Gasteiger partial charge on any atom is -0.493 e. The van der Waals surface area contributed by atoms with Crippen LogP contribution in [0.25, 0.3) is 0 Å². The van der Waals surface area contributed by atoms with Crippen LogP contribution in [-0.2, 0) is 4.74 Å². The Morgan fingerprint density at radius 1 is 1.11 bits per heavy atom. The van der Waals surface area contributed by atoms with Gasteiger partial charge in [0.05, 0.1) is 18.8 Å². The number of benzene rings is 1. The van der Waals surface area contributed by atoms with E-state index in [1.165, 1.54) is 0 Å². The standard InChI is InChI=1S/C15H23NO3/c1-3-5-7-18-14-10-12(9-13(16)11-14)15(17)19-8-6-4-2/h9-11H,3-8,16H2,1-2H3. The quantitative estimate of drug-likeness (QED) is 0.444. The molecule has 0 aliphatic heterocycles. The molecule has 0 unspecified atom stereocenters. The maximum Gasteiger partial charge on any atom is 0.338 e. The number of anilines is 1. The van der Waals surface area contributed by atoms with E-state index in [0.29, 0.717) is 30.2 Å². The van der Waals surface area contributed by atoms with Crippen LogP contribution in [0.1, 0.15) is 49.9 Å². The number of nitrogens with two attached hydrogens (primary N) is 1. The number of hydrogen-bond acceptors (Lipinski definition) is 4. The largest absolute Gasteiger partial charge is 0.493 e. The minimum absolute atomic E-state index is 0.346. The molecule has 1 rings (SSSR count). The second-order valence-corrected chi connectivity index (χ2v) is 4.48. The zero-order chi connectivity index (χ0) is 14.1. The third-order valence-corrected chi connectivity index (χ3v) is 2.66. The fraction of sp³-hybridized carbons (Fsp3) is 0.533. The van der Waals surface area contributed by atoms with Crippen LogP contribution >= 0.6 is 0 Å². The smallest absolute Gasteiger partial charge is 0.338 e. The molecule has 0 saturated carbocycles. The van der Waals surface area contributed by atoms with E-state index in [1.807, 2.05) is 6.92 Å². The average Bonchev–Trinajstić information content (AvgIpc) is 2.38. The average molecular weight is 265 g/mol. The molecule has 4 nitrogen and oxygen atoms in total. The molecular weight excluding hydrogens is 242 g/mol. The Hall–Kier alpha value is -1.71. The molecule has 0 aromatic heterocycles. The van der Waals surface area contributed by atoms with Gasteiger partial charge in [-0.05, 0) is 25.0 Å². The van der Waals surface area contributed by atoms with Crippen molar-refractivity contribution in [1.82, 2.24) is 0 Å². The normalized spacial score (nSPS) is 10.2. The van der Waals surface area contributed by atoms with Crippen LogP contribution < -0.4 is 10.5 Å². The zero-order valence-electron chi connectivity index (χ0n) is 11.8. The maximum atomic E-state index is 11.8. The maximum absolute atomic E-state index is 11.8. The van der Waals surface area contributed by atoms with Gasteiger partial charge in [0, 0.05) is 11.8 Å². The second kappa shape index (κ2) is 8.40. The summed E-state index contributed by atoms with van der Waals surface area (Å²) in [5, 5.41) is 0. The Bertz CT molecular complexity index is 404. The number of rotatable bonds is 8. The summed E-state index contributed by atoms with van der Waals surface area (Å²) in [6.07, 6.45) is 3.91. The van der Waals surface area contributed by atoms with Gasteiger partial charge in [-0.15, -0.1) is 0 Å². The van der Waals surface area contributed by atoms with Crippen molar-refractivity contribution in [2.24, 2.45) is 0 Å². The lowest BCUT2D eigenvalue weighted by Gasteiger charge is -2.09. The molecule has 0 atom stereocenters. The first kappa shape index (κ1) is 15.3. The zero-order valence-corrected chi connectivity index (χ0v) is 11.8.